The fourth-order valence-electron chi connectivity index (χ4n) is 1.51. The highest BCUT2D eigenvalue weighted by Crippen LogP contribution is 2.18. The SMILES string of the molecule is CCOc1ccccc1Cn1ccnc1. The Morgan fingerprint density at radius 3 is 2.93 bits per heavy atom. The van der Waals surface area contributed by atoms with Crippen LogP contribution in [0.4, 0.5) is 0 Å². The third-order valence-electron chi connectivity index (χ3n) is 2.18. The maximum Gasteiger partial charge on any atom is 0.124 e. The lowest BCUT2D eigenvalue weighted by molar-refractivity contribution is 0.336. The van der Waals surface area contributed by atoms with Crippen LogP contribution in [0.3, 0.4) is 0 Å². The Kier molecular flexibility index (Phi) is 3.02. The van der Waals surface area contributed by atoms with E-state index in [4.69, 9.17) is 4.74 Å². The second-order valence-electron chi connectivity index (χ2n) is 3.28. The van der Waals surface area contributed by atoms with Crippen molar-refractivity contribution >= 4 is 0 Å². The van der Waals surface area contributed by atoms with Crippen molar-refractivity contribution in [2.75, 3.05) is 6.61 Å². The van der Waals surface area contributed by atoms with Crippen LogP contribution in [-0.2, 0) is 6.54 Å². The fraction of sp³-hybridized carbons (Fsp3) is 0.250. The van der Waals surface area contributed by atoms with E-state index in [0.29, 0.717) is 6.61 Å². The van der Waals surface area contributed by atoms with Gasteiger partial charge in [0.1, 0.15) is 5.75 Å². The number of ether oxygens (including phenoxy) is 1. The summed E-state index contributed by atoms with van der Waals surface area (Å²) >= 11 is 0. The molecule has 78 valence electrons. The lowest BCUT2D eigenvalue weighted by atomic mass is 10.2. The second-order valence-corrected chi connectivity index (χ2v) is 3.28. The summed E-state index contributed by atoms with van der Waals surface area (Å²) in [6.45, 7) is 3.49. The Balaban J connectivity index is 2.20. The minimum atomic E-state index is 0.695. The molecule has 0 atom stereocenters. The van der Waals surface area contributed by atoms with Gasteiger partial charge in [0.2, 0.25) is 0 Å². The van der Waals surface area contributed by atoms with Crippen molar-refractivity contribution in [3.63, 3.8) is 0 Å². The largest absolute Gasteiger partial charge is 0.494 e. The van der Waals surface area contributed by atoms with Crippen LogP contribution in [0.25, 0.3) is 0 Å². The van der Waals surface area contributed by atoms with Gasteiger partial charge in [-0.15, -0.1) is 0 Å². The van der Waals surface area contributed by atoms with Gasteiger partial charge in [0.25, 0.3) is 0 Å². The number of para-hydroxylation sites is 1. The van der Waals surface area contributed by atoms with Gasteiger partial charge in [0.05, 0.1) is 19.5 Å². The van der Waals surface area contributed by atoms with Crippen LogP contribution in [-0.4, -0.2) is 16.2 Å². The molecule has 3 nitrogen and oxygen atoms in total. The van der Waals surface area contributed by atoms with Crippen LogP contribution in [0.5, 0.6) is 5.75 Å². The van der Waals surface area contributed by atoms with Crippen LogP contribution in [0.15, 0.2) is 43.0 Å². The predicted octanol–water partition coefficient (Wildman–Crippen LogP) is 2.33. The third kappa shape index (κ3) is 2.37. The molecule has 0 N–H and O–H groups in total. The van der Waals surface area contributed by atoms with Gasteiger partial charge in [-0.05, 0) is 13.0 Å². The zero-order valence-electron chi connectivity index (χ0n) is 8.76. The molecule has 0 aliphatic rings. The number of imidazole rings is 1. The first-order chi connectivity index (χ1) is 7.40. The highest BCUT2D eigenvalue weighted by molar-refractivity contribution is 5.33. The molecule has 0 fully saturated rings. The van der Waals surface area contributed by atoms with Crippen molar-refractivity contribution in [2.45, 2.75) is 13.5 Å². The van der Waals surface area contributed by atoms with Crippen LogP contribution >= 0.6 is 0 Å². The predicted molar refractivity (Wildman–Crippen MR) is 58.9 cm³/mol. The molecule has 2 rings (SSSR count). The molecule has 1 aromatic carbocycles. The zero-order valence-corrected chi connectivity index (χ0v) is 8.76. The normalized spacial score (nSPS) is 10.2. The standard InChI is InChI=1S/C12H14N2O/c1-2-15-12-6-4-3-5-11(12)9-14-8-7-13-10-14/h3-8,10H,2,9H2,1H3. The molecule has 0 bridgehead atoms. The number of aromatic nitrogens is 2. The molecule has 0 saturated heterocycles. The molecule has 15 heavy (non-hydrogen) atoms. The molecule has 1 aromatic heterocycles. The summed E-state index contributed by atoms with van der Waals surface area (Å²) in [5.74, 6) is 0.953. The minimum Gasteiger partial charge on any atom is -0.494 e. The Bertz CT molecular complexity index is 409. The monoisotopic (exact) mass is 202 g/mol. The first-order valence-corrected chi connectivity index (χ1v) is 5.06. The molecule has 3 heteroatoms. The maximum absolute atomic E-state index is 5.55. The Hall–Kier alpha value is -1.77. The van der Waals surface area contributed by atoms with Crippen molar-refractivity contribution in [1.29, 1.82) is 0 Å². The van der Waals surface area contributed by atoms with E-state index in [-0.39, 0.29) is 0 Å². The van der Waals surface area contributed by atoms with Crippen molar-refractivity contribution in [3.05, 3.63) is 48.5 Å². The molecule has 0 spiro atoms. The third-order valence-corrected chi connectivity index (χ3v) is 2.18. The molecule has 0 aliphatic carbocycles. The Morgan fingerprint density at radius 1 is 1.33 bits per heavy atom. The summed E-state index contributed by atoms with van der Waals surface area (Å²) in [5.41, 5.74) is 1.18. The van der Waals surface area contributed by atoms with Gasteiger partial charge in [-0.1, -0.05) is 18.2 Å². The molecule has 1 heterocycles. The van der Waals surface area contributed by atoms with Crippen molar-refractivity contribution in [1.82, 2.24) is 9.55 Å². The molecule has 2 aromatic rings. The highest BCUT2D eigenvalue weighted by atomic mass is 16.5. The van der Waals surface area contributed by atoms with Crippen molar-refractivity contribution in [2.24, 2.45) is 0 Å². The molecule has 0 unspecified atom stereocenters. The summed E-state index contributed by atoms with van der Waals surface area (Å²) in [4.78, 5) is 4.02. The van der Waals surface area contributed by atoms with Gasteiger partial charge < -0.3 is 9.30 Å². The van der Waals surface area contributed by atoms with Crippen LogP contribution in [0.1, 0.15) is 12.5 Å². The van der Waals surface area contributed by atoms with E-state index in [1.165, 1.54) is 5.56 Å². The van der Waals surface area contributed by atoms with E-state index < -0.39 is 0 Å². The Morgan fingerprint density at radius 2 is 2.20 bits per heavy atom. The van der Waals surface area contributed by atoms with Gasteiger partial charge in [-0.3, -0.25) is 0 Å². The smallest absolute Gasteiger partial charge is 0.124 e. The van der Waals surface area contributed by atoms with E-state index in [9.17, 15) is 0 Å². The van der Waals surface area contributed by atoms with E-state index >= 15 is 0 Å². The summed E-state index contributed by atoms with van der Waals surface area (Å²) in [6, 6.07) is 8.08. The number of hydrogen-bond acceptors (Lipinski definition) is 2. The lowest BCUT2D eigenvalue weighted by Gasteiger charge is -2.09. The molecule has 0 amide bonds. The number of benzene rings is 1. The average molecular weight is 202 g/mol. The van der Waals surface area contributed by atoms with Gasteiger partial charge in [0, 0.05) is 18.0 Å². The summed E-state index contributed by atoms with van der Waals surface area (Å²) in [6.07, 6.45) is 5.54. The molecular formula is C12H14N2O. The van der Waals surface area contributed by atoms with E-state index in [1.54, 1.807) is 6.20 Å². The van der Waals surface area contributed by atoms with Crippen LogP contribution < -0.4 is 4.74 Å². The van der Waals surface area contributed by atoms with Gasteiger partial charge in [-0.2, -0.15) is 0 Å². The molecular weight excluding hydrogens is 188 g/mol. The molecule has 0 radical (unpaired) electrons. The van der Waals surface area contributed by atoms with Crippen molar-refractivity contribution in [3.8, 4) is 5.75 Å². The van der Waals surface area contributed by atoms with E-state index in [0.717, 1.165) is 12.3 Å². The average Bonchev–Trinajstić information content (AvgIpc) is 2.74. The molecule has 0 aliphatic heterocycles. The van der Waals surface area contributed by atoms with E-state index in [2.05, 4.69) is 11.1 Å². The number of nitrogens with zero attached hydrogens (tertiary/aromatic N) is 2. The van der Waals surface area contributed by atoms with E-state index in [1.807, 2.05) is 42.2 Å². The van der Waals surface area contributed by atoms with Crippen LogP contribution in [0.2, 0.25) is 0 Å². The second kappa shape index (κ2) is 4.64. The summed E-state index contributed by atoms with van der Waals surface area (Å²) < 4.78 is 7.58. The molecule has 0 saturated carbocycles. The summed E-state index contributed by atoms with van der Waals surface area (Å²) in [5, 5.41) is 0. The topological polar surface area (TPSA) is 27.1 Å². The number of rotatable bonds is 4. The first kappa shape index (κ1) is 9.77. The number of hydrogen-bond donors (Lipinski definition) is 0. The van der Waals surface area contributed by atoms with Gasteiger partial charge in [-0.25, -0.2) is 4.98 Å². The zero-order chi connectivity index (χ0) is 10.5. The minimum absolute atomic E-state index is 0.695. The fourth-order valence-corrected chi connectivity index (χ4v) is 1.51. The van der Waals surface area contributed by atoms with Crippen molar-refractivity contribution < 1.29 is 4.74 Å². The lowest BCUT2D eigenvalue weighted by Crippen LogP contribution is -2.01. The first-order valence-electron chi connectivity index (χ1n) is 5.06. The maximum atomic E-state index is 5.55. The Labute approximate surface area is 89.3 Å². The summed E-state index contributed by atoms with van der Waals surface area (Å²) in [7, 11) is 0. The highest BCUT2D eigenvalue weighted by Gasteiger charge is 2.02. The van der Waals surface area contributed by atoms with Gasteiger partial charge >= 0.3 is 0 Å². The quantitative estimate of drug-likeness (QED) is 0.760. The van der Waals surface area contributed by atoms with Gasteiger partial charge in [0.15, 0.2) is 0 Å². The van der Waals surface area contributed by atoms with Crippen LogP contribution in [0, 0.1) is 0 Å².